The number of nitrogens with zero attached hydrogens (tertiary/aromatic N) is 1. The summed E-state index contributed by atoms with van der Waals surface area (Å²) in [6.45, 7) is 13.0. The number of hydrogen-bond donors (Lipinski definition) is 7. The van der Waals surface area contributed by atoms with Gasteiger partial charge in [0.15, 0.2) is 5.78 Å². The van der Waals surface area contributed by atoms with Crippen LogP contribution in [0.4, 0.5) is 15.3 Å². The average Bonchev–Trinajstić information content (AvgIpc) is 3.24. The molecule has 5 atom stereocenters. The largest absolute Gasteiger partial charge is 0.445 e. The lowest BCUT2D eigenvalue weighted by molar-refractivity contribution is -0.133. The maximum Gasteiger partial charge on any atom is 0.410 e. The lowest BCUT2D eigenvalue weighted by Crippen LogP contribution is -2.56. The zero-order valence-corrected chi connectivity index (χ0v) is 40.3. The molecule has 0 saturated carbocycles. The van der Waals surface area contributed by atoms with Crippen molar-refractivity contribution in [3.8, 4) is 0 Å². The minimum Gasteiger partial charge on any atom is -0.445 e. The lowest BCUT2D eigenvalue weighted by Gasteiger charge is -2.31. The second kappa shape index (κ2) is 27.4. The highest BCUT2D eigenvalue weighted by Crippen LogP contribution is 2.22. The van der Waals surface area contributed by atoms with Crippen LogP contribution in [0.2, 0.25) is 0 Å². The first-order chi connectivity index (χ1) is 29.7. The summed E-state index contributed by atoms with van der Waals surface area (Å²) < 4.78 is 5.54. The van der Waals surface area contributed by atoms with Gasteiger partial charge in [0, 0.05) is 55.4 Å². The van der Waals surface area contributed by atoms with E-state index in [4.69, 9.17) is 10.5 Å². The maximum absolute atomic E-state index is 13.9. The van der Waals surface area contributed by atoms with Gasteiger partial charge >= 0.3 is 12.1 Å². The molecule has 0 saturated heterocycles. The van der Waals surface area contributed by atoms with Crippen LogP contribution in [0.15, 0.2) is 48.5 Å². The summed E-state index contributed by atoms with van der Waals surface area (Å²) in [7, 11) is 2.96. The van der Waals surface area contributed by atoms with E-state index in [0.29, 0.717) is 23.2 Å². The third-order valence-electron chi connectivity index (χ3n) is 10.5. The Balaban J connectivity index is 2.14. The molecule has 0 bridgehead atoms. The molecule has 0 aliphatic carbocycles. The molecule has 0 aliphatic heterocycles. The Bertz CT molecular complexity index is 1810. The number of ketones is 1. The zero-order valence-electron chi connectivity index (χ0n) is 38.7. The molecule has 2 aromatic carbocycles. The van der Waals surface area contributed by atoms with Gasteiger partial charge in [0.2, 0.25) is 23.6 Å². The van der Waals surface area contributed by atoms with Crippen LogP contribution >= 0.6 is 23.5 Å². The number of rotatable bonds is 26. The van der Waals surface area contributed by atoms with Gasteiger partial charge in [0.1, 0.15) is 24.7 Å². The van der Waals surface area contributed by atoms with E-state index < -0.39 is 48.1 Å². The summed E-state index contributed by atoms with van der Waals surface area (Å²) in [5.41, 5.74) is 7.82. The molecule has 350 valence electrons. The van der Waals surface area contributed by atoms with Crippen molar-refractivity contribution >= 4 is 70.7 Å². The number of carbonyl (C=O) groups is 7. The Morgan fingerprint density at radius 2 is 1.32 bits per heavy atom. The van der Waals surface area contributed by atoms with Gasteiger partial charge in [-0.15, -0.1) is 0 Å². The van der Waals surface area contributed by atoms with Crippen molar-refractivity contribution in [3.05, 3.63) is 65.2 Å². The van der Waals surface area contributed by atoms with Crippen molar-refractivity contribution in [2.24, 2.45) is 29.4 Å². The van der Waals surface area contributed by atoms with E-state index in [-0.39, 0.29) is 66.9 Å². The zero-order chi connectivity index (χ0) is 47.4. The molecule has 0 spiro atoms. The molecule has 1 unspecified atom stereocenters. The van der Waals surface area contributed by atoms with Gasteiger partial charge in [-0.3, -0.25) is 34.2 Å². The highest BCUT2D eigenvalue weighted by Gasteiger charge is 2.34. The number of carbonyl (C=O) groups excluding carboxylic acids is 7. The monoisotopic (exact) mass is 914 g/mol. The number of hydrogen-bond acceptors (Lipinski definition) is 11. The first kappa shape index (κ1) is 54.3. The van der Waals surface area contributed by atoms with E-state index in [1.165, 1.54) is 19.0 Å². The fourth-order valence-corrected chi connectivity index (χ4v) is 8.38. The lowest BCUT2D eigenvalue weighted by atomic mass is 9.96. The number of urea groups is 1. The van der Waals surface area contributed by atoms with Crippen LogP contribution in [0.5, 0.6) is 0 Å². The average molecular weight is 915 g/mol. The fraction of sp³-hybridized carbons (Fsp3) is 0.578. The molecule has 18 heteroatoms. The van der Waals surface area contributed by atoms with Crippen molar-refractivity contribution in [2.45, 2.75) is 98.1 Å². The third-order valence-corrected chi connectivity index (χ3v) is 11.9. The molecule has 8 N–H and O–H groups in total. The van der Waals surface area contributed by atoms with E-state index in [2.05, 4.69) is 31.9 Å². The fourth-order valence-electron chi connectivity index (χ4n) is 6.89. The maximum atomic E-state index is 13.9. The molecule has 0 radical (unpaired) electrons. The van der Waals surface area contributed by atoms with Gasteiger partial charge in [0.05, 0.1) is 6.04 Å². The highest BCUT2D eigenvalue weighted by molar-refractivity contribution is 7.99. The van der Waals surface area contributed by atoms with Crippen LogP contribution in [0, 0.1) is 23.7 Å². The number of thioether (sulfide) groups is 2. The van der Waals surface area contributed by atoms with Crippen LogP contribution in [-0.2, 0) is 30.5 Å². The summed E-state index contributed by atoms with van der Waals surface area (Å²) in [6.07, 6.45) is 3.80. The molecule has 0 aromatic heterocycles. The van der Waals surface area contributed by atoms with E-state index in [1.807, 2.05) is 71.4 Å². The van der Waals surface area contributed by atoms with Gasteiger partial charge in [0.25, 0.3) is 0 Å². The van der Waals surface area contributed by atoms with Crippen LogP contribution in [0.25, 0.3) is 0 Å². The topological polar surface area (TPSA) is 230 Å². The number of benzene rings is 2. The molecule has 16 nitrogen and oxygen atoms in total. The van der Waals surface area contributed by atoms with Crippen LogP contribution in [0.1, 0.15) is 88.8 Å². The minimum absolute atomic E-state index is 0.0693. The number of amides is 7. The number of Topliss-reactive ketones (excluding diaryl/α,β-unsaturated/α-hetero) is 1. The summed E-state index contributed by atoms with van der Waals surface area (Å²) in [5, 5.41) is 17.0. The number of ether oxygens (including phenoxy) is 1. The van der Waals surface area contributed by atoms with Crippen molar-refractivity contribution in [1.82, 2.24) is 31.5 Å². The smallest absolute Gasteiger partial charge is 0.410 e. The number of likely N-dealkylation sites (N-methyl/N-ethyl adjacent to an activating group) is 2. The third kappa shape index (κ3) is 17.7. The van der Waals surface area contributed by atoms with Gasteiger partial charge in [-0.2, -0.15) is 23.5 Å². The molecular weight excluding hydrogens is 845 g/mol. The molecule has 63 heavy (non-hydrogen) atoms. The van der Waals surface area contributed by atoms with E-state index in [0.717, 1.165) is 17.1 Å². The van der Waals surface area contributed by atoms with Gasteiger partial charge in [-0.25, -0.2) is 9.59 Å². The van der Waals surface area contributed by atoms with Crippen molar-refractivity contribution in [3.63, 3.8) is 0 Å². The number of nitrogens with one attached hydrogen (secondary N) is 6. The quantitative estimate of drug-likeness (QED) is 0.0494. The van der Waals surface area contributed by atoms with Gasteiger partial charge in [-0.1, -0.05) is 77.9 Å². The first-order valence-electron chi connectivity index (χ1n) is 21.3. The molecular formula is C45H70N8O8S2. The Hall–Kier alpha value is -4.81. The summed E-state index contributed by atoms with van der Waals surface area (Å²) >= 11 is 3.31. The Labute approximate surface area is 381 Å². The second-order valence-electron chi connectivity index (χ2n) is 16.6. The molecule has 0 heterocycles. The molecule has 0 fully saturated rings. The molecule has 2 rings (SSSR count). The van der Waals surface area contributed by atoms with E-state index in [1.54, 1.807) is 61.6 Å². The molecule has 0 aliphatic rings. The van der Waals surface area contributed by atoms with Crippen LogP contribution in [0.3, 0.4) is 0 Å². The van der Waals surface area contributed by atoms with Crippen molar-refractivity contribution < 1.29 is 38.3 Å². The Kier molecular flexibility index (Phi) is 23.6. The Morgan fingerprint density at radius 1 is 0.730 bits per heavy atom. The molecule has 2 aromatic rings. The molecule has 7 amide bonds. The normalized spacial score (nSPS) is 13.7. The second-order valence-corrected chi connectivity index (χ2v) is 18.4. The SMILES string of the molecule is CNC(=O)[C@@H](NC(=O)[C@H](C(C)C)N(C)C(=O)OCc1ccc(NC(=O)[C@H](CCCNC(N)=O)NC(=O)[C@@H](NC(C)c2ccc(C(=O)C(CSC)CSC)cc2)C(C)C)cc1)C(C)C. The standard InChI is InChI=1S/C45H70N8O8S2/c1-26(2)36(41(56)47-8)52-43(58)38(28(5)6)53(9)45(60)61-23-30-14-20-34(21-15-30)50-40(55)35(13-12-22-48-44(46)59)51-42(57)37(27(3)4)49-29(7)31-16-18-32(19-17-31)39(54)33(24-62-10)25-63-11/h14-21,26-29,33,35-38,49H,12-13,22-25H2,1-11H3,(H,47,56)(H,50,55)(H,51,57)(H,52,58)(H3,46,48,59)/t29?,35-,36-,37-,38-/m0/s1. The summed E-state index contributed by atoms with van der Waals surface area (Å²) in [4.78, 5) is 92.0. The Morgan fingerprint density at radius 3 is 1.83 bits per heavy atom. The van der Waals surface area contributed by atoms with E-state index in [9.17, 15) is 33.6 Å². The van der Waals surface area contributed by atoms with Gasteiger partial charge < -0.3 is 37.1 Å². The van der Waals surface area contributed by atoms with Crippen molar-refractivity contribution in [1.29, 1.82) is 0 Å². The summed E-state index contributed by atoms with van der Waals surface area (Å²) in [6, 6.07) is 9.78. The number of anilines is 1. The van der Waals surface area contributed by atoms with Crippen LogP contribution < -0.4 is 37.6 Å². The van der Waals surface area contributed by atoms with Crippen molar-refractivity contribution in [2.75, 3.05) is 50.0 Å². The summed E-state index contributed by atoms with van der Waals surface area (Å²) in [5.74, 6) is -0.755. The number of nitrogens with two attached hydrogens (primary N) is 1. The van der Waals surface area contributed by atoms with Crippen LogP contribution in [-0.4, -0.2) is 115 Å². The van der Waals surface area contributed by atoms with E-state index >= 15 is 0 Å². The minimum atomic E-state index is -0.971. The first-order valence-corrected chi connectivity index (χ1v) is 24.1. The number of primary amides is 1. The predicted molar refractivity (Wildman–Crippen MR) is 252 cm³/mol. The predicted octanol–water partition coefficient (Wildman–Crippen LogP) is 4.94. The van der Waals surface area contributed by atoms with Gasteiger partial charge in [-0.05, 0) is 73.3 Å². The highest BCUT2D eigenvalue weighted by atomic mass is 32.2.